The zero-order chi connectivity index (χ0) is 16.7. The molecular formula is C18H30O2. The maximum Gasteiger partial charge on any atom is 0.303 e. The first-order valence-corrected chi connectivity index (χ1v) is 7.70. The molecule has 0 bridgehead atoms. The van der Waals surface area contributed by atoms with E-state index in [1.165, 1.54) is 0 Å². The summed E-state index contributed by atoms with van der Waals surface area (Å²) in [4.78, 5) is 10.3. The molecule has 0 radical (unpaired) electrons. The highest BCUT2D eigenvalue weighted by Gasteiger charge is 1.95. The summed E-state index contributed by atoms with van der Waals surface area (Å²) in [5.74, 6) is -0.706. The Labute approximate surface area is 127 Å². The van der Waals surface area contributed by atoms with E-state index >= 15 is 0 Å². The highest BCUT2D eigenvalue weighted by molar-refractivity contribution is 5.66. The average Bonchev–Trinajstić information content (AvgIpc) is 2.46. The third-order valence-electron chi connectivity index (χ3n) is 2.84. The number of allylic oxidation sites excluding steroid dienone is 6. The van der Waals surface area contributed by atoms with Gasteiger partial charge in [-0.2, -0.15) is 0 Å². The summed E-state index contributed by atoms with van der Waals surface area (Å²) in [6.07, 6.45) is 17.9. The molecule has 0 unspecified atom stereocenters. The van der Waals surface area contributed by atoms with Crippen LogP contribution < -0.4 is 0 Å². The molecule has 0 aliphatic heterocycles. The Morgan fingerprint density at radius 3 is 2.20 bits per heavy atom. The minimum absolute atomic E-state index is 0.281. The van der Waals surface area contributed by atoms with Gasteiger partial charge in [0, 0.05) is 9.16 Å². The average molecular weight is 280 g/mol. The lowest BCUT2D eigenvalue weighted by Gasteiger charge is -1.96. The standard InChI is InChI=1S/C18H30O2/c1-2-3-4-5-6-7-8-9-10-11-12-13-14-15-16-17-18(19)20/h3-4,6-7,10-11H,2,5,8-9,12-17H2,1H3,(H,19,20)/b4-3-,7-6-,11-10-/i5D2. The van der Waals surface area contributed by atoms with Crippen molar-refractivity contribution in [1.82, 2.24) is 0 Å². The normalized spacial score (nSPS) is 14.2. The van der Waals surface area contributed by atoms with Crippen molar-refractivity contribution in [1.29, 1.82) is 0 Å². The van der Waals surface area contributed by atoms with E-state index in [0.717, 1.165) is 51.4 Å². The van der Waals surface area contributed by atoms with Crippen LogP contribution in [0.15, 0.2) is 36.5 Å². The van der Waals surface area contributed by atoms with Crippen molar-refractivity contribution < 1.29 is 12.6 Å². The Hall–Kier alpha value is -1.31. The Balaban J connectivity index is 3.55. The number of aliphatic carboxylic acids is 1. The van der Waals surface area contributed by atoms with Crippen LogP contribution >= 0.6 is 0 Å². The molecule has 0 fully saturated rings. The molecular weight excluding hydrogens is 248 g/mol. The molecule has 2 heteroatoms. The molecule has 20 heavy (non-hydrogen) atoms. The van der Waals surface area contributed by atoms with Gasteiger partial charge < -0.3 is 5.11 Å². The van der Waals surface area contributed by atoms with Crippen LogP contribution in [0, 0.1) is 0 Å². The summed E-state index contributed by atoms with van der Waals surface area (Å²) in [5.41, 5.74) is 0. The van der Waals surface area contributed by atoms with Gasteiger partial charge in [0.15, 0.2) is 0 Å². The molecule has 0 aliphatic carbocycles. The maximum atomic E-state index is 10.3. The number of rotatable bonds is 13. The predicted molar refractivity (Wildman–Crippen MR) is 86.9 cm³/mol. The molecule has 2 nitrogen and oxygen atoms in total. The summed E-state index contributed by atoms with van der Waals surface area (Å²) in [7, 11) is 0. The van der Waals surface area contributed by atoms with Gasteiger partial charge in [-0.25, -0.2) is 0 Å². The fraction of sp³-hybridized carbons (Fsp3) is 0.611. The van der Waals surface area contributed by atoms with Crippen molar-refractivity contribution in [2.45, 2.75) is 71.1 Å². The van der Waals surface area contributed by atoms with Gasteiger partial charge in [-0.05, 0) is 44.9 Å². The zero-order valence-corrected chi connectivity index (χ0v) is 12.7. The van der Waals surface area contributed by atoms with Crippen LogP contribution in [0.25, 0.3) is 0 Å². The second-order valence-corrected chi connectivity index (χ2v) is 4.78. The van der Waals surface area contributed by atoms with E-state index in [9.17, 15) is 4.79 Å². The number of hydrogen-bond donors (Lipinski definition) is 1. The quantitative estimate of drug-likeness (QED) is 0.349. The number of carboxylic acids is 1. The van der Waals surface area contributed by atoms with Gasteiger partial charge in [0.25, 0.3) is 0 Å². The first-order chi connectivity index (χ1) is 10.5. The van der Waals surface area contributed by atoms with Gasteiger partial charge in [-0.3, -0.25) is 4.79 Å². The Kier molecular flexibility index (Phi) is 11.9. The van der Waals surface area contributed by atoms with E-state index in [4.69, 9.17) is 7.85 Å². The maximum absolute atomic E-state index is 10.3. The molecule has 0 saturated carbocycles. The fourth-order valence-electron chi connectivity index (χ4n) is 1.71. The van der Waals surface area contributed by atoms with Crippen LogP contribution in [0.2, 0.25) is 0 Å². The van der Waals surface area contributed by atoms with Gasteiger partial charge in [0.05, 0.1) is 0 Å². The van der Waals surface area contributed by atoms with Gasteiger partial charge in [0.1, 0.15) is 0 Å². The number of carbonyl (C=O) groups is 1. The Bertz CT molecular complexity index is 371. The van der Waals surface area contributed by atoms with Crippen LogP contribution in [-0.4, -0.2) is 11.1 Å². The third-order valence-corrected chi connectivity index (χ3v) is 2.84. The van der Waals surface area contributed by atoms with Crippen LogP contribution in [0.3, 0.4) is 0 Å². The van der Waals surface area contributed by atoms with Crippen molar-refractivity contribution in [3.05, 3.63) is 36.5 Å². The molecule has 0 spiro atoms. The van der Waals surface area contributed by atoms with E-state index in [2.05, 4.69) is 12.2 Å². The highest BCUT2D eigenvalue weighted by atomic mass is 16.4. The van der Waals surface area contributed by atoms with Gasteiger partial charge in [-0.15, -0.1) is 0 Å². The van der Waals surface area contributed by atoms with Crippen LogP contribution in [-0.2, 0) is 4.79 Å². The SMILES string of the molecule is [2H]C([2H])(/C=C\CC)/C=C\CC/C=C\CCCCCCC(=O)O. The summed E-state index contributed by atoms with van der Waals surface area (Å²) in [5, 5.41) is 8.51. The van der Waals surface area contributed by atoms with Gasteiger partial charge in [0.2, 0.25) is 0 Å². The van der Waals surface area contributed by atoms with E-state index in [-0.39, 0.29) is 6.42 Å². The molecule has 0 heterocycles. The number of carboxylic acid groups (broad SMARTS) is 1. The van der Waals surface area contributed by atoms with Crippen LogP contribution in [0.1, 0.15) is 73.8 Å². The van der Waals surface area contributed by atoms with Crippen molar-refractivity contribution in [3.8, 4) is 0 Å². The summed E-state index contributed by atoms with van der Waals surface area (Å²) < 4.78 is 15.4. The fourth-order valence-corrected chi connectivity index (χ4v) is 1.71. The van der Waals surface area contributed by atoms with E-state index in [0.29, 0.717) is 0 Å². The van der Waals surface area contributed by atoms with Crippen molar-refractivity contribution in [3.63, 3.8) is 0 Å². The van der Waals surface area contributed by atoms with Gasteiger partial charge in [-0.1, -0.05) is 56.2 Å². The lowest BCUT2D eigenvalue weighted by molar-refractivity contribution is -0.137. The molecule has 1 N–H and O–H groups in total. The van der Waals surface area contributed by atoms with Crippen molar-refractivity contribution in [2.24, 2.45) is 0 Å². The molecule has 0 aliphatic rings. The number of unbranched alkanes of at least 4 members (excludes halogenated alkanes) is 5. The van der Waals surface area contributed by atoms with Crippen LogP contribution in [0.4, 0.5) is 0 Å². The van der Waals surface area contributed by atoms with Gasteiger partial charge >= 0.3 is 5.97 Å². The molecule has 0 rings (SSSR count). The molecule has 0 saturated heterocycles. The van der Waals surface area contributed by atoms with E-state index in [1.54, 1.807) is 12.2 Å². The molecule has 0 amide bonds. The van der Waals surface area contributed by atoms with Crippen molar-refractivity contribution >= 4 is 5.97 Å². The number of hydrogen-bond acceptors (Lipinski definition) is 1. The van der Waals surface area contributed by atoms with Crippen LogP contribution in [0.5, 0.6) is 0 Å². The zero-order valence-electron chi connectivity index (χ0n) is 14.7. The topological polar surface area (TPSA) is 37.3 Å². The largest absolute Gasteiger partial charge is 0.481 e. The lowest BCUT2D eigenvalue weighted by atomic mass is 10.1. The summed E-state index contributed by atoms with van der Waals surface area (Å²) >= 11 is 0. The summed E-state index contributed by atoms with van der Waals surface area (Å²) in [6, 6.07) is 0. The van der Waals surface area contributed by atoms with E-state index in [1.807, 2.05) is 19.1 Å². The first kappa shape index (κ1) is 15.1. The third kappa shape index (κ3) is 16.7. The molecule has 0 aromatic rings. The second kappa shape index (κ2) is 15.7. The smallest absolute Gasteiger partial charge is 0.303 e. The van der Waals surface area contributed by atoms with Crippen molar-refractivity contribution in [2.75, 3.05) is 0 Å². The lowest BCUT2D eigenvalue weighted by Crippen LogP contribution is -1.93. The molecule has 0 aromatic carbocycles. The Morgan fingerprint density at radius 1 is 0.900 bits per heavy atom. The first-order valence-electron chi connectivity index (χ1n) is 8.70. The minimum atomic E-state index is -1.34. The molecule has 114 valence electrons. The molecule has 0 aromatic heterocycles. The van der Waals surface area contributed by atoms with E-state index < -0.39 is 12.3 Å². The predicted octanol–water partition coefficient (Wildman–Crippen LogP) is 5.66. The monoisotopic (exact) mass is 280 g/mol. The Morgan fingerprint density at radius 2 is 1.50 bits per heavy atom. The highest BCUT2D eigenvalue weighted by Crippen LogP contribution is 2.06. The minimum Gasteiger partial charge on any atom is -0.481 e. The molecule has 0 atom stereocenters. The second-order valence-electron chi connectivity index (χ2n) is 4.78. The summed E-state index contributed by atoms with van der Waals surface area (Å²) in [6.45, 7) is 1.99.